The fraction of sp³-hybridized carbons (Fsp3) is 0.267. The number of nitrogens with one attached hydrogen (secondary N) is 1. The van der Waals surface area contributed by atoms with Crippen molar-refractivity contribution in [1.82, 2.24) is 20.1 Å². The summed E-state index contributed by atoms with van der Waals surface area (Å²) < 4.78 is 43.9. The van der Waals surface area contributed by atoms with E-state index < -0.39 is 18.1 Å². The van der Waals surface area contributed by atoms with E-state index in [0.717, 1.165) is 34.2 Å². The maximum atomic E-state index is 12.8. The van der Waals surface area contributed by atoms with Crippen LogP contribution in [0.5, 0.6) is 0 Å². The van der Waals surface area contributed by atoms with Crippen LogP contribution in [0.3, 0.4) is 0 Å². The normalized spacial score (nSPS) is 12.5. The number of alkyl halides is 3. The molecule has 1 N–H and O–H groups in total. The van der Waals surface area contributed by atoms with E-state index >= 15 is 0 Å². The Morgan fingerprint density at radius 3 is 2.54 bits per heavy atom. The van der Waals surface area contributed by atoms with Crippen LogP contribution in [-0.2, 0) is 35.3 Å². The summed E-state index contributed by atoms with van der Waals surface area (Å²) >= 11 is 6.29. The molecule has 2 aromatic carbocycles. The molecule has 0 amide bonds. The van der Waals surface area contributed by atoms with Gasteiger partial charge >= 0.3 is 18.1 Å². The van der Waals surface area contributed by atoms with Gasteiger partial charge in [-0.25, -0.2) is 9.59 Å². The molecule has 0 spiro atoms. The standard InChI is InChI=1S/C30H26ClF3N4O3/c31-25-5-2-1-4-22(25)20-8-6-19(7-9-20)12-15-35-14-3-17-38-27(28(39)41-29(40)30(32,33)34)24-11-10-21-18-36-16-13-23(21)26(24)37-38/h1-2,4-9,13,16,18,35H,3,10-12,14-15,17H2. The number of nitrogens with zero attached hydrogens (tertiary/aromatic N) is 3. The van der Waals surface area contributed by atoms with Crippen molar-refractivity contribution in [2.45, 2.75) is 38.4 Å². The maximum Gasteiger partial charge on any atom is 0.491 e. The van der Waals surface area contributed by atoms with Gasteiger partial charge in [-0.1, -0.05) is 54.1 Å². The smallest absolute Gasteiger partial charge is 0.381 e. The molecule has 0 bridgehead atoms. The van der Waals surface area contributed by atoms with Crippen molar-refractivity contribution < 1.29 is 27.5 Å². The average Bonchev–Trinajstić information content (AvgIpc) is 3.34. The molecule has 1 aliphatic carbocycles. The Kier molecular flexibility index (Phi) is 8.51. The highest BCUT2D eigenvalue weighted by Crippen LogP contribution is 2.35. The lowest BCUT2D eigenvalue weighted by Crippen LogP contribution is -2.29. The molecule has 212 valence electrons. The van der Waals surface area contributed by atoms with E-state index in [-0.39, 0.29) is 12.2 Å². The lowest BCUT2D eigenvalue weighted by molar-refractivity contribution is -0.193. The van der Waals surface area contributed by atoms with E-state index in [9.17, 15) is 22.8 Å². The summed E-state index contributed by atoms with van der Waals surface area (Å²) in [5, 5.41) is 8.59. The number of rotatable bonds is 9. The zero-order chi connectivity index (χ0) is 29.0. The fourth-order valence-corrected chi connectivity index (χ4v) is 5.15. The predicted octanol–water partition coefficient (Wildman–Crippen LogP) is 5.83. The van der Waals surface area contributed by atoms with Crippen molar-refractivity contribution in [2.24, 2.45) is 0 Å². The van der Waals surface area contributed by atoms with Crippen molar-refractivity contribution in [3.05, 3.63) is 94.4 Å². The molecule has 5 rings (SSSR count). The Hall–Kier alpha value is -4.02. The van der Waals surface area contributed by atoms with E-state index in [0.29, 0.717) is 48.6 Å². The number of carbonyl (C=O) groups excluding carboxylic acids is 2. The minimum absolute atomic E-state index is 0.126. The minimum atomic E-state index is -5.28. The first-order chi connectivity index (χ1) is 19.7. The van der Waals surface area contributed by atoms with Gasteiger partial charge in [-0.15, -0.1) is 0 Å². The van der Waals surface area contributed by atoms with Crippen molar-refractivity contribution in [3.63, 3.8) is 0 Å². The van der Waals surface area contributed by atoms with Crippen LogP contribution in [0, 0.1) is 0 Å². The second-order valence-electron chi connectivity index (χ2n) is 9.64. The van der Waals surface area contributed by atoms with Gasteiger partial charge in [-0.2, -0.15) is 18.3 Å². The first-order valence-corrected chi connectivity index (χ1v) is 13.5. The Labute approximate surface area is 239 Å². The lowest BCUT2D eigenvalue weighted by atomic mass is 9.90. The highest BCUT2D eigenvalue weighted by atomic mass is 35.5. The summed E-state index contributed by atoms with van der Waals surface area (Å²) in [4.78, 5) is 28.2. The molecule has 0 saturated carbocycles. The van der Waals surface area contributed by atoms with E-state index in [1.54, 1.807) is 18.5 Å². The van der Waals surface area contributed by atoms with Crippen LogP contribution in [0.1, 0.15) is 33.6 Å². The van der Waals surface area contributed by atoms with Gasteiger partial charge in [0.2, 0.25) is 0 Å². The number of halogens is 4. The summed E-state index contributed by atoms with van der Waals surface area (Å²) in [7, 11) is 0. The van der Waals surface area contributed by atoms with Gasteiger partial charge in [0, 0.05) is 40.7 Å². The molecule has 11 heteroatoms. The molecule has 0 fully saturated rings. The Morgan fingerprint density at radius 1 is 1.00 bits per heavy atom. The van der Waals surface area contributed by atoms with Crippen molar-refractivity contribution in [1.29, 1.82) is 0 Å². The zero-order valence-corrected chi connectivity index (χ0v) is 22.6. The summed E-state index contributed by atoms with van der Waals surface area (Å²) in [6.45, 7) is 1.53. The van der Waals surface area contributed by atoms with Crippen LogP contribution >= 0.6 is 11.6 Å². The van der Waals surface area contributed by atoms with Crippen LogP contribution < -0.4 is 5.32 Å². The molecule has 0 unspecified atom stereocenters. The largest absolute Gasteiger partial charge is 0.491 e. The highest BCUT2D eigenvalue weighted by Gasteiger charge is 2.43. The summed E-state index contributed by atoms with van der Waals surface area (Å²) in [5.41, 5.74) is 5.70. The van der Waals surface area contributed by atoms with Crippen molar-refractivity contribution >= 4 is 23.5 Å². The first kappa shape index (κ1) is 28.5. The first-order valence-electron chi connectivity index (χ1n) is 13.1. The second kappa shape index (κ2) is 12.2. The molecular formula is C30H26ClF3N4O3. The van der Waals surface area contributed by atoms with Crippen LogP contribution in [0.2, 0.25) is 5.02 Å². The molecule has 0 aliphatic heterocycles. The molecule has 2 aromatic heterocycles. The predicted molar refractivity (Wildman–Crippen MR) is 147 cm³/mol. The molecule has 0 radical (unpaired) electrons. The Bertz CT molecular complexity index is 1570. The van der Waals surface area contributed by atoms with E-state index in [1.165, 1.54) is 4.68 Å². The molecule has 7 nitrogen and oxygen atoms in total. The molecule has 2 heterocycles. The van der Waals surface area contributed by atoms with Crippen LogP contribution in [0.15, 0.2) is 67.0 Å². The number of ether oxygens (including phenoxy) is 1. The number of esters is 2. The topological polar surface area (TPSA) is 86.1 Å². The zero-order valence-electron chi connectivity index (χ0n) is 21.9. The monoisotopic (exact) mass is 582 g/mol. The van der Waals surface area contributed by atoms with Crippen molar-refractivity contribution in [2.75, 3.05) is 13.1 Å². The average molecular weight is 583 g/mol. The van der Waals surface area contributed by atoms with Gasteiger partial charge in [0.25, 0.3) is 0 Å². The maximum absolute atomic E-state index is 12.8. The van der Waals surface area contributed by atoms with Crippen LogP contribution in [0.4, 0.5) is 13.2 Å². The SMILES string of the molecule is O=C(OC(=O)C(F)(F)F)c1c2c(nn1CCCNCCc1ccc(-c3ccccc3Cl)cc1)-c1ccncc1CC2. The third-order valence-electron chi connectivity index (χ3n) is 6.92. The number of hydrogen-bond acceptors (Lipinski definition) is 6. The summed E-state index contributed by atoms with van der Waals surface area (Å²) in [6, 6.07) is 17.6. The van der Waals surface area contributed by atoms with E-state index in [1.807, 2.05) is 36.4 Å². The van der Waals surface area contributed by atoms with Gasteiger partial charge in [-0.05, 0) is 67.6 Å². The van der Waals surface area contributed by atoms with E-state index in [2.05, 4.69) is 32.3 Å². The van der Waals surface area contributed by atoms with Crippen LogP contribution in [0.25, 0.3) is 22.4 Å². The summed E-state index contributed by atoms with van der Waals surface area (Å²) in [5.74, 6) is -3.90. The van der Waals surface area contributed by atoms with Crippen LogP contribution in [-0.4, -0.2) is 46.0 Å². The van der Waals surface area contributed by atoms with Gasteiger partial charge in [0.15, 0.2) is 5.69 Å². The Morgan fingerprint density at radius 2 is 1.78 bits per heavy atom. The van der Waals surface area contributed by atoms with E-state index in [4.69, 9.17) is 11.6 Å². The quantitative estimate of drug-likeness (QED) is 0.152. The van der Waals surface area contributed by atoms with Gasteiger partial charge in [0.05, 0.1) is 5.69 Å². The number of aryl methyl sites for hydroxylation is 2. The molecule has 0 saturated heterocycles. The molecule has 4 aromatic rings. The Balaban J connectivity index is 1.20. The molecular weight excluding hydrogens is 557 g/mol. The highest BCUT2D eigenvalue weighted by molar-refractivity contribution is 6.33. The number of benzene rings is 2. The third kappa shape index (κ3) is 6.49. The molecule has 41 heavy (non-hydrogen) atoms. The van der Waals surface area contributed by atoms with Gasteiger partial charge < -0.3 is 10.1 Å². The third-order valence-corrected chi connectivity index (χ3v) is 7.25. The number of fused-ring (bicyclic) bond motifs is 3. The molecule has 0 atom stereocenters. The number of aromatic nitrogens is 3. The second-order valence-corrected chi connectivity index (χ2v) is 10.0. The van der Waals surface area contributed by atoms with Crippen molar-refractivity contribution in [3.8, 4) is 22.4 Å². The minimum Gasteiger partial charge on any atom is -0.381 e. The fourth-order valence-electron chi connectivity index (χ4n) is 4.91. The number of carbonyl (C=O) groups is 2. The number of hydrogen-bond donors (Lipinski definition) is 1. The lowest BCUT2D eigenvalue weighted by Gasteiger charge is -2.15. The number of pyridine rings is 1. The summed E-state index contributed by atoms with van der Waals surface area (Å²) in [6.07, 6.45) is 0.257. The van der Waals surface area contributed by atoms with Gasteiger partial charge in [-0.3, -0.25) is 9.67 Å². The molecule has 1 aliphatic rings. The van der Waals surface area contributed by atoms with Gasteiger partial charge in [0.1, 0.15) is 0 Å².